The van der Waals surface area contributed by atoms with Crippen LogP contribution in [0.4, 0.5) is 0 Å². The summed E-state index contributed by atoms with van der Waals surface area (Å²) in [5.41, 5.74) is 12.1. The first-order valence-electron chi connectivity index (χ1n) is 8.94. The molecule has 11 heteroatoms. The number of nitrogens with one attached hydrogen (secondary N) is 5. The van der Waals surface area contributed by atoms with Gasteiger partial charge in [0.1, 0.15) is 0 Å². The van der Waals surface area contributed by atoms with Crippen LogP contribution in [-0.2, 0) is 0 Å². The van der Waals surface area contributed by atoms with Crippen LogP contribution in [0.1, 0.15) is 5.56 Å². The van der Waals surface area contributed by atoms with Gasteiger partial charge in [0.25, 0.3) is 5.56 Å². The highest BCUT2D eigenvalue weighted by molar-refractivity contribution is 5.99. The third-order valence-electron chi connectivity index (χ3n) is 4.67. The molecule has 30 heavy (non-hydrogen) atoms. The molecule has 4 aromatic rings. The Morgan fingerprint density at radius 2 is 1.57 bits per heavy atom. The number of aromatic nitrogens is 5. The molecule has 5 rings (SSSR count). The van der Waals surface area contributed by atoms with E-state index in [2.05, 4.69) is 47.2 Å². The van der Waals surface area contributed by atoms with Gasteiger partial charge in [0.15, 0.2) is 11.6 Å². The van der Waals surface area contributed by atoms with Crippen LogP contribution in [0.25, 0.3) is 33.8 Å². The number of hydrazone groups is 1. The Morgan fingerprint density at radius 1 is 0.867 bits per heavy atom. The quantitative estimate of drug-likeness (QED) is 0.294. The van der Waals surface area contributed by atoms with Gasteiger partial charge in [0.05, 0.1) is 5.69 Å². The van der Waals surface area contributed by atoms with Gasteiger partial charge in [0, 0.05) is 16.7 Å². The Labute approximate surface area is 168 Å². The molecular weight excluding hydrogens is 386 g/mol. The Kier molecular flexibility index (Phi) is 4.19. The number of benzene rings is 2. The second-order valence-electron chi connectivity index (χ2n) is 6.48. The number of hydrazine groups is 2. The van der Waals surface area contributed by atoms with Gasteiger partial charge >= 0.3 is 0 Å². The highest BCUT2D eigenvalue weighted by Gasteiger charge is 2.14. The largest absolute Gasteiger partial charge is 0.503 e. The third kappa shape index (κ3) is 3.14. The minimum absolute atomic E-state index is 0.350. The summed E-state index contributed by atoms with van der Waals surface area (Å²) in [6.45, 7) is 0. The van der Waals surface area contributed by atoms with Crippen molar-refractivity contribution in [1.29, 1.82) is 0 Å². The second-order valence-corrected chi connectivity index (χ2v) is 6.48. The summed E-state index contributed by atoms with van der Waals surface area (Å²) in [5.74, 6) is 0.781. The van der Waals surface area contributed by atoms with E-state index in [1.54, 1.807) is 0 Å². The third-order valence-corrected chi connectivity index (χ3v) is 4.67. The molecular formula is C19H15N9O2. The van der Waals surface area contributed by atoms with E-state index in [0.29, 0.717) is 22.9 Å². The number of pyridine rings is 1. The first kappa shape index (κ1) is 17.6. The van der Waals surface area contributed by atoms with Crippen LogP contribution in [0.3, 0.4) is 0 Å². The fraction of sp³-hybridized carbons (Fsp3) is 0. The van der Waals surface area contributed by atoms with Crippen molar-refractivity contribution in [1.82, 2.24) is 42.1 Å². The zero-order chi connectivity index (χ0) is 20.5. The number of aromatic hydroxyl groups is 1. The fourth-order valence-corrected chi connectivity index (χ4v) is 3.19. The van der Waals surface area contributed by atoms with Crippen LogP contribution in [0.5, 0.6) is 5.75 Å². The molecule has 6 N–H and O–H groups in total. The Hall–Kier alpha value is -4.51. The highest BCUT2D eigenvalue weighted by Crippen LogP contribution is 2.32. The van der Waals surface area contributed by atoms with Crippen molar-refractivity contribution < 1.29 is 5.11 Å². The molecule has 11 nitrogen and oxygen atoms in total. The summed E-state index contributed by atoms with van der Waals surface area (Å²) < 4.78 is 0. The van der Waals surface area contributed by atoms with Crippen LogP contribution in [0.2, 0.25) is 0 Å². The molecule has 1 aliphatic rings. The minimum Gasteiger partial charge on any atom is -0.503 e. The average Bonchev–Trinajstić information content (AvgIpc) is 3.50. The van der Waals surface area contributed by atoms with Crippen molar-refractivity contribution >= 4 is 5.84 Å². The Bertz CT molecular complexity index is 1280. The number of H-pyrrole nitrogens is 2. The zero-order valence-corrected chi connectivity index (χ0v) is 15.3. The lowest BCUT2D eigenvalue weighted by Gasteiger charge is -2.12. The predicted molar refractivity (Wildman–Crippen MR) is 109 cm³/mol. The zero-order valence-electron chi connectivity index (χ0n) is 15.3. The van der Waals surface area contributed by atoms with Gasteiger partial charge in [-0.2, -0.15) is 5.21 Å². The lowest BCUT2D eigenvalue weighted by atomic mass is 9.97. The monoisotopic (exact) mass is 401 g/mol. The smallest absolute Gasteiger partial charge is 0.290 e. The molecule has 0 radical (unpaired) electrons. The van der Waals surface area contributed by atoms with Crippen LogP contribution in [-0.4, -0.2) is 36.6 Å². The SMILES string of the molecule is O=c1[nH]c(-c2ccc(-c3nn[nH]n3)cc2)c(-c2ccc(C3=NNNN3)cc2)cc1O. The fourth-order valence-electron chi connectivity index (χ4n) is 3.19. The summed E-state index contributed by atoms with van der Waals surface area (Å²) in [4.78, 5) is 14.9. The highest BCUT2D eigenvalue weighted by atomic mass is 16.3. The molecule has 2 aromatic heterocycles. The molecule has 0 atom stereocenters. The van der Waals surface area contributed by atoms with Gasteiger partial charge in [0.2, 0.25) is 5.82 Å². The van der Waals surface area contributed by atoms with Gasteiger partial charge in [-0.15, -0.1) is 20.8 Å². The van der Waals surface area contributed by atoms with E-state index in [1.807, 2.05) is 48.5 Å². The number of aromatic amines is 2. The number of hydrogen-bond acceptors (Lipinski definition) is 9. The van der Waals surface area contributed by atoms with Gasteiger partial charge in [-0.25, -0.2) is 5.53 Å². The lowest BCUT2D eigenvalue weighted by Crippen LogP contribution is -2.35. The van der Waals surface area contributed by atoms with E-state index in [1.165, 1.54) is 6.07 Å². The molecule has 0 fully saturated rings. The summed E-state index contributed by atoms with van der Waals surface area (Å²) in [7, 11) is 0. The number of tetrazole rings is 1. The lowest BCUT2D eigenvalue weighted by molar-refractivity contribution is 0.467. The number of hydrogen-bond donors (Lipinski definition) is 6. The van der Waals surface area contributed by atoms with Crippen LogP contribution in [0.15, 0.2) is 64.5 Å². The topological polar surface area (TPSA) is 156 Å². The molecule has 0 bridgehead atoms. The van der Waals surface area contributed by atoms with E-state index in [-0.39, 0.29) is 5.75 Å². The summed E-state index contributed by atoms with van der Waals surface area (Å²) in [5, 5.41) is 28.0. The first-order chi connectivity index (χ1) is 14.7. The van der Waals surface area contributed by atoms with Gasteiger partial charge in [-0.05, 0) is 22.4 Å². The van der Waals surface area contributed by atoms with Crippen molar-refractivity contribution in [3.63, 3.8) is 0 Å². The second kappa shape index (κ2) is 7.14. The first-order valence-corrected chi connectivity index (χ1v) is 8.94. The van der Waals surface area contributed by atoms with Crippen molar-refractivity contribution in [2.24, 2.45) is 5.10 Å². The Morgan fingerprint density at radius 3 is 2.23 bits per heavy atom. The van der Waals surface area contributed by atoms with Gasteiger partial charge < -0.3 is 10.1 Å². The minimum atomic E-state index is -0.561. The molecule has 148 valence electrons. The van der Waals surface area contributed by atoms with Gasteiger partial charge in [-0.3, -0.25) is 10.2 Å². The summed E-state index contributed by atoms with van der Waals surface area (Å²) >= 11 is 0. The summed E-state index contributed by atoms with van der Waals surface area (Å²) in [6.07, 6.45) is 0. The maximum absolute atomic E-state index is 12.1. The molecule has 2 aromatic carbocycles. The molecule has 3 heterocycles. The molecule has 0 saturated heterocycles. The number of amidine groups is 1. The average molecular weight is 401 g/mol. The molecule has 0 saturated carbocycles. The van der Waals surface area contributed by atoms with Crippen LogP contribution >= 0.6 is 0 Å². The number of rotatable bonds is 4. The molecule has 0 unspecified atom stereocenters. The Balaban J connectivity index is 1.56. The summed E-state index contributed by atoms with van der Waals surface area (Å²) in [6, 6.07) is 16.4. The standard InChI is InChI=1S/C19H15N9O2/c29-15-9-14(10-1-5-12(6-2-10)17-21-25-26-22-17)16(20-19(15)30)11-3-7-13(8-4-11)18-23-27-28-24-18/h1-9,25-26,29H,(H,20,30)(H,21,22)(H,23,24,27,28). The maximum Gasteiger partial charge on any atom is 0.290 e. The number of nitrogens with zero attached hydrogens (tertiary/aromatic N) is 4. The molecule has 1 aliphatic heterocycles. The molecule has 0 amide bonds. The predicted octanol–water partition coefficient (Wildman–Crippen LogP) is 0.869. The van der Waals surface area contributed by atoms with E-state index >= 15 is 0 Å². The normalized spacial score (nSPS) is 12.9. The van der Waals surface area contributed by atoms with E-state index in [0.717, 1.165) is 22.3 Å². The van der Waals surface area contributed by atoms with Crippen molar-refractivity contribution in [2.45, 2.75) is 0 Å². The van der Waals surface area contributed by atoms with E-state index in [4.69, 9.17) is 0 Å². The maximum atomic E-state index is 12.1. The van der Waals surface area contributed by atoms with Gasteiger partial charge in [-0.1, -0.05) is 48.5 Å². The van der Waals surface area contributed by atoms with Crippen LogP contribution < -0.4 is 22.1 Å². The van der Waals surface area contributed by atoms with Crippen molar-refractivity contribution in [2.75, 3.05) is 0 Å². The van der Waals surface area contributed by atoms with Crippen molar-refractivity contribution in [3.8, 4) is 39.5 Å². The van der Waals surface area contributed by atoms with E-state index < -0.39 is 5.56 Å². The molecule has 0 spiro atoms. The molecule has 0 aliphatic carbocycles. The van der Waals surface area contributed by atoms with Crippen molar-refractivity contribution in [3.05, 3.63) is 70.5 Å². The van der Waals surface area contributed by atoms with Crippen LogP contribution in [0, 0.1) is 0 Å². The van der Waals surface area contributed by atoms with E-state index in [9.17, 15) is 9.90 Å².